The first-order chi connectivity index (χ1) is 8.88. The first kappa shape index (κ1) is 15.1. The quantitative estimate of drug-likeness (QED) is 0.812. The third-order valence-electron chi connectivity index (χ3n) is 3.36. The third-order valence-corrected chi connectivity index (χ3v) is 4.69. The Hall–Kier alpha value is -0.260. The first-order valence-corrected chi connectivity index (χ1v) is 7.99. The number of rotatable bonds is 2. The van der Waals surface area contributed by atoms with Crippen LogP contribution in [0.1, 0.15) is 51.6 Å². The van der Waals surface area contributed by atoms with E-state index in [4.69, 9.17) is 17.0 Å². The van der Waals surface area contributed by atoms with Gasteiger partial charge in [-0.1, -0.05) is 33.0 Å². The summed E-state index contributed by atoms with van der Waals surface area (Å²) in [5.74, 6) is 0.935. The van der Waals surface area contributed by atoms with Crippen molar-refractivity contribution < 1.29 is 4.74 Å². The van der Waals surface area contributed by atoms with Crippen molar-refractivity contribution in [2.24, 2.45) is 0 Å². The molecule has 3 nitrogen and oxygen atoms in total. The van der Waals surface area contributed by atoms with Gasteiger partial charge in [0.15, 0.2) is 0 Å². The first-order valence-electron chi connectivity index (χ1n) is 6.78. The van der Waals surface area contributed by atoms with Crippen LogP contribution in [0.15, 0.2) is 4.47 Å². The van der Waals surface area contributed by atoms with Crippen LogP contribution in [-0.2, 0) is 16.6 Å². The fraction of sp³-hybridized carbons (Fsp3) is 0.714. The van der Waals surface area contributed by atoms with Crippen molar-refractivity contribution in [2.75, 3.05) is 6.61 Å². The number of hydrogen-bond acceptors (Lipinski definition) is 3. The van der Waals surface area contributed by atoms with Crippen LogP contribution in [0.2, 0.25) is 0 Å². The van der Waals surface area contributed by atoms with Gasteiger partial charge < -0.3 is 9.72 Å². The molecule has 0 bridgehead atoms. The van der Waals surface area contributed by atoms with Gasteiger partial charge in [0, 0.05) is 24.1 Å². The molecule has 1 saturated heterocycles. The molecule has 0 saturated carbocycles. The summed E-state index contributed by atoms with van der Waals surface area (Å²) in [7, 11) is 0. The second-order valence-electron chi connectivity index (χ2n) is 6.12. The van der Waals surface area contributed by atoms with E-state index in [1.54, 1.807) is 0 Å². The van der Waals surface area contributed by atoms with Gasteiger partial charge in [-0.2, -0.15) is 0 Å². The van der Waals surface area contributed by atoms with E-state index in [1.807, 2.05) is 0 Å². The Bertz CT molecular complexity index is 501. The van der Waals surface area contributed by atoms with Crippen LogP contribution in [0.25, 0.3) is 0 Å². The topological polar surface area (TPSA) is 37.9 Å². The van der Waals surface area contributed by atoms with E-state index < -0.39 is 0 Å². The predicted molar refractivity (Wildman–Crippen MR) is 83.1 cm³/mol. The smallest absolute Gasteiger partial charge is 0.144 e. The van der Waals surface area contributed by atoms with Crippen molar-refractivity contribution in [1.82, 2.24) is 9.97 Å². The highest BCUT2D eigenvalue weighted by molar-refractivity contribution is 9.10. The molecule has 1 aliphatic rings. The molecule has 0 radical (unpaired) electrons. The maximum absolute atomic E-state index is 5.77. The maximum atomic E-state index is 5.77. The van der Waals surface area contributed by atoms with E-state index in [2.05, 4.69) is 46.7 Å². The van der Waals surface area contributed by atoms with Crippen LogP contribution in [0.5, 0.6) is 0 Å². The number of halogens is 1. The lowest BCUT2D eigenvalue weighted by molar-refractivity contribution is 0.0155. The molecule has 1 aromatic rings. The van der Waals surface area contributed by atoms with Crippen molar-refractivity contribution >= 4 is 28.1 Å². The Balaban J connectivity index is 2.26. The summed E-state index contributed by atoms with van der Waals surface area (Å²) in [6.07, 6.45) is 4.63. The predicted octanol–water partition coefficient (Wildman–Crippen LogP) is 4.31. The normalized spacial score (nSPS) is 20.5. The Labute approximate surface area is 128 Å². The molecule has 2 rings (SSSR count). The van der Waals surface area contributed by atoms with E-state index in [1.165, 1.54) is 12.8 Å². The van der Waals surface area contributed by atoms with E-state index in [0.29, 0.717) is 4.64 Å². The lowest BCUT2D eigenvalue weighted by atomic mass is 9.92. The molecule has 0 aliphatic carbocycles. The van der Waals surface area contributed by atoms with Gasteiger partial charge in [-0.15, -0.1) is 0 Å². The summed E-state index contributed by atoms with van der Waals surface area (Å²) in [6.45, 7) is 7.37. The fourth-order valence-electron chi connectivity index (χ4n) is 2.30. The van der Waals surface area contributed by atoms with Crippen molar-refractivity contribution in [3.05, 3.63) is 20.6 Å². The summed E-state index contributed by atoms with van der Waals surface area (Å²) in [4.78, 5) is 7.91. The van der Waals surface area contributed by atoms with Crippen molar-refractivity contribution in [3.8, 4) is 0 Å². The zero-order chi connectivity index (χ0) is 14.0. The molecule has 1 unspecified atom stereocenters. The zero-order valence-electron chi connectivity index (χ0n) is 11.8. The van der Waals surface area contributed by atoms with Gasteiger partial charge in [-0.25, -0.2) is 4.98 Å². The van der Waals surface area contributed by atoms with Gasteiger partial charge in [0.2, 0.25) is 0 Å². The standard InChI is InChI=1S/C14H21BrN2OS/c1-14(2,3)12-11(15)13(19)17-10(16-12)8-9-6-4-5-7-18-9/h9H,4-8H2,1-3H3,(H,16,17,19). The minimum absolute atomic E-state index is 0.0114. The number of H-pyrrole nitrogens is 1. The number of ether oxygens (including phenoxy) is 1. The lowest BCUT2D eigenvalue weighted by Gasteiger charge is -2.24. The molecule has 1 atom stereocenters. The summed E-state index contributed by atoms with van der Waals surface area (Å²) >= 11 is 8.89. The van der Waals surface area contributed by atoms with E-state index in [0.717, 1.165) is 35.4 Å². The second kappa shape index (κ2) is 6.02. The van der Waals surface area contributed by atoms with Crippen molar-refractivity contribution in [2.45, 2.75) is 58.0 Å². The molecule has 1 fully saturated rings. The Morgan fingerprint density at radius 1 is 1.42 bits per heavy atom. The molecule has 106 valence electrons. The number of hydrogen-bond donors (Lipinski definition) is 1. The SMILES string of the molecule is CC(C)(C)c1[nH]c(CC2CCCCO2)nc(=S)c1Br. The highest BCUT2D eigenvalue weighted by atomic mass is 79.9. The van der Waals surface area contributed by atoms with Gasteiger partial charge in [-0.05, 0) is 35.2 Å². The van der Waals surface area contributed by atoms with Gasteiger partial charge in [-0.3, -0.25) is 0 Å². The van der Waals surface area contributed by atoms with Gasteiger partial charge in [0.05, 0.1) is 10.6 Å². The van der Waals surface area contributed by atoms with Crippen molar-refractivity contribution in [3.63, 3.8) is 0 Å². The van der Waals surface area contributed by atoms with Gasteiger partial charge in [0.25, 0.3) is 0 Å². The molecule has 1 aromatic heterocycles. The fourth-order valence-corrected chi connectivity index (χ4v) is 3.30. The van der Waals surface area contributed by atoms with E-state index in [9.17, 15) is 0 Å². The summed E-state index contributed by atoms with van der Waals surface area (Å²) in [5, 5.41) is 0. The second-order valence-corrected chi connectivity index (χ2v) is 7.30. The molecule has 5 heteroatoms. The summed E-state index contributed by atoms with van der Waals surface area (Å²) in [5.41, 5.74) is 1.12. The third kappa shape index (κ3) is 3.86. The Morgan fingerprint density at radius 3 is 2.74 bits per heavy atom. The van der Waals surface area contributed by atoms with E-state index in [-0.39, 0.29) is 11.5 Å². The molecule has 0 aromatic carbocycles. The molecule has 1 N–H and O–H groups in total. The minimum atomic E-state index is 0.0114. The number of nitrogens with zero attached hydrogens (tertiary/aromatic N) is 1. The molecule has 1 aliphatic heterocycles. The Kier molecular flexibility index (Phi) is 4.79. The molecular weight excluding hydrogens is 324 g/mol. The minimum Gasteiger partial charge on any atom is -0.378 e. The molecule has 0 amide bonds. The van der Waals surface area contributed by atoms with Crippen LogP contribution in [0.3, 0.4) is 0 Å². The molecule has 2 heterocycles. The lowest BCUT2D eigenvalue weighted by Crippen LogP contribution is -2.24. The summed E-state index contributed by atoms with van der Waals surface area (Å²) < 4.78 is 7.31. The van der Waals surface area contributed by atoms with Gasteiger partial charge in [0.1, 0.15) is 10.5 Å². The van der Waals surface area contributed by atoms with Crippen LogP contribution in [-0.4, -0.2) is 22.7 Å². The average molecular weight is 345 g/mol. The average Bonchev–Trinajstić information content (AvgIpc) is 2.33. The van der Waals surface area contributed by atoms with Crippen LogP contribution in [0.4, 0.5) is 0 Å². The molecule has 19 heavy (non-hydrogen) atoms. The largest absolute Gasteiger partial charge is 0.378 e. The maximum Gasteiger partial charge on any atom is 0.144 e. The van der Waals surface area contributed by atoms with Crippen LogP contribution < -0.4 is 0 Å². The van der Waals surface area contributed by atoms with Gasteiger partial charge >= 0.3 is 0 Å². The number of aromatic nitrogens is 2. The van der Waals surface area contributed by atoms with Crippen molar-refractivity contribution in [1.29, 1.82) is 0 Å². The van der Waals surface area contributed by atoms with Crippen LogP contribution in [0, 0.1) is 4.64 Å². The number of nitrogens with one attached hydrogen (secondary N) is 1. The molecular formula is C14H21BrN2OS. The monoisotopic (exact) mass is 344 g/mol. The highest BCUT2D eigenvalue weighted by Gasteiger charge is 2.22. The van der Waals surface area contributed by atoms with Crippen LogP contribution >= 0.6 is 28.1 Å². The highest BCUT2D eigenvalue weighted by Crippen LogP contribution is 2.28. The summed E-state index contributed by atoms with van der Waals surface area (Å²) in [6, 6.07) is 0. The molecule has 0 spiro atoms. The van der Waals surface area contributed by atoms with E-state index >= 15 is 0 Å². The Morgan fingerprint density at radius 2 is 2.16 bits per heavy atom. The zero-order valence-corrected chi connectivity index (χ0v) is 14.2. The number of aromatic amines is 1.